The van der Waals surface area contributed by atoms with Crippen molar-refractivity contribution in [2.24, 2.45) is 0 Å². The van der Waals surface area contributed by atoms with E-state index in [2.05, 4.69) is 95.9 Å². The van der Waals surface area contributed by atoms with E-state index in [0.29, 0.717) is 18.6 Å². The number of likely N-dealkylation sites (tertiary alicyclic amines) is 1. The Balaban J connectivity index is 1.71. The molecule has 3 aromatic carbocycles. The Kier molecular flexibility index (Phi) is 5.68. The molecule has 0 spiro atoms. The van der Waals surface area contributed by atoms with Crippen molar-refractivity contribution < 1.29 is 4.79 Å². The Labute approximate surface area is 167 Å². The smallest absolute Gasteiger partial charge is 0.136 e. The van der Waals surface area contributed by atoms with E-state index in [1.165, 1.54) is 16.7 Å². The third-order valence-electron chi connectivity index (χ3n) is 5.83. The summed E-state index contributed by atoms with van der Waals surface area (Å²) in [7, 11) is 0. The van der Waals surface area contributed by atoms with Gasteiger partial charge >= 0.3 is 0 Å². The van der Waals surface area contributed by atoms with Gasteiger partial charge in [0.25, 0.3) is 0 Å². The van der Waals surface area contributed by atoms with Gasteiger partial charge in [0.15, 0.2) is 0 Å². The van der Waals surface area contributed by atoms with Crippen molar-refractivity contribution in [1.29, 1.82) is 0 Å². The minimum Gasteiger partial charge on any atom is -0.300 e. The van der Waals surface area contributed by atoms with Crippen molar-refractivity contribution in [3.05, 3.63) is 108 Å². The summed E-state index contributed by atoms with van der Waals surface area (Å²) in [6, 6.07) is 31.9. The van der Waals surface area contributed by atoms with E-state index >= 15 is 0 Å². The SMILES string of the molecule is O=C1CCN(Cc2ccccc2)C(Cc2ccccc2)(Cc2ccccc2)C1. The van der Waals surface area contributed by atoms with Crippen LogP contribution in [0, 0.1) is 0 Å². The largest absolute Gasteiger partial charge is 0.300 e. The number of hydrogen-bond acceptors (Lipinski definition) is 2. The fourth-order valence-electron chi connectivity index (χ4n) is 4.48. The van der Waals surface area contributed by atoms with Crippen molar-refractivity contribution in [2.75, 3.05) is 6.54 Å². The van der Waals surface area contributed by atoms with E-state index in [9.17, 15) is 4.79 Å². The first-order chi connectivity index (χ1) is 13.7. The van der Waals surface area contributed by atoms with E-state index in [4.69, 9.17) is 0 Å². The molecule has 0 bridgehead atoms. The monoisotopic (exact) mass is 369 g/mol. The normalized spacial score (nSPS) is 16.8. The number of carbonyl (C=O) groups is 1. The minimum absolute atomic E-state index is 0.187. The molecule has 4 rings (SSSR count). The average Bonchev–Trinajstić information content (AvgIpc) is 2.72. The summed E-state index contributed by atoms with van der Waals surface area (Å²) in [5.74, 6) is 0.385. The number of Topliss-reactive ketones (excluding diaryl/α,β-unsaturated/α-hetero) is 1. The molecule has 0 unspecified atom stereocenters. The highest BCUT2D eigenvalue weighted by Crippen LogP contribution is 2.35. The average molecular weight is 370 g/mol. The molecule has 0 amide bonds. The van der Waals surface area contributed by atoms with Gasteiger partial charge in [-0.25, -0.2) is 0 Å². The first-order valence-electron chi connectivity index (χ1n) is 10.1. The van der Waals surface area contributed by atoms with Crippen molar-refractivity contribution in [3.8, 4) is 0 Å². The van der Waals surface area contributed by atoms with Crippen LogP contribution in [0.5, 0.6) is 0 Å². The maximum Gasteiger partial charge on any atom is 0.136 e. The fourth-order valence-corrected chi connectivity index (χ4v) is 4.48. The van der Waals surface area contributed by atoms with E-state index < -0.39 is 0 Å². The number of rotatable bonds is 6. The molecule has 142 valence electrons. The lowest BCUT2D eigenvalue weighted by Gasteiger charge is -2.47. The van der Waals surface area contributed by atoms with Crippen molar-refractivity contribution >= 4 is 5.78 Å². The molecule has 2 heteroatoms. The summed E-state index contributed by atoms with van der Waals surface area (Å²) in [6.07, 6.45) is 3.05. The second-order valence-electron chi connectivity index (χ2n) is 7.92. The molecule has 0 atom stereocenters. The fraction of sp³-hybridized carbons (Fsp3) is 0.269. The van der Waals surface area contributed by atoms with Gasteiger partial charge in [-0.2, -0.15) is 0 Å². The predicted octanol–water partition coefficient (Wildman–Crippen LogP) is 5.08. The van der Waals surface area contributed by atoms with Crippen LogP contribution < -0.4 is 0 Å². The Morgan fingerprint density at radius 1 is 0.679 bits per heavy atom. The highest BCUT2D eigenvalue weighted by molar-refractivity contribution is 5.81. The standard InChI is InChI=1S/C26H27NO/c28-25-16-17-27(21-24-14-8-3-9-15-24)26(20-25,18-22-10-4-1-5-11-22)19-23-12-6-2-7-13-23/h1-15H,16-21H2. The van der Waals surface area contributed by atoms with Gasteiger partial charge in [-0.3, -0.25) is 9.69 Å². The molecular weight excluding hydrogens is 342 g/mol. The van der Waals surface area contributed by atoms with Crippen LogP contribution in [-0.2, 0) is 24.2 Å². The summed E-state index contributed by atoms with van der Waals surface area (Å²) < 4.78 is 0. The maximum atomic E-state index is 12.6. The molecule has 1 saturated heterocycles. The van der Waals surface area contributed by atoms with Crippen LogP contribution in [-0.4, -0.2) is 22.8 Å². The van der Waals surface area contributed by atoms with Gasteiger partial charge in [-0.05, 0) is 29.5 Å². The molecule has 0 aliphatic carbocycles. The zero-order chi connectivity index (χ0) is 19.2. The van der Waals surface area contributed by atoms with Crippen LogP contribution in [0.3, 0.4) is 0 Å². The van der Waals surface area contributed by atoms with E-state index in [1.807, 2.05) is 0 Å². The Morgan fingerprint density at radius 3 is 1.64 bits per heavy atom. The second-order valence-corrected chi connectivity index (χ2v) is 7.92. The van der Waals surface area contributed by atoms with Gasteiger partial charge in [0.2, 0.25) is 0 Å². The molecule has 1 fully saturated rings. The van der Waals surface area contributed by atoms with Crippen LogP contribution in [0.15, 0.2) is 91.0 Å². The molecule has 1 heterocycles. The van der Waals surface area contributed by atoms with Gasteiger partial charge in [-0.1, -0.05) is 91.0 Å². The zero-order valence-corrected chi connectivity index (χ0v) is 16.3. The van der Waals surface area contributed by atoms with Crippen LogP contribution in [0.2, 0.25) is 0 Å². The lowest BCUT2D eigenvalue weighted by molar-refractivity contribution is -0.127. The predicted molar refractivity (Wildman–Crippen MR) is 114 cm³/mol. The third-order valence-corrected chi connectivity index (χ3v) is 5.83. The molecule has 0 aromatic heterocycles. The van der Waals surface area contributed by atoms with Crippen LogP contribution in [0.1, 0.15) is 29.5 Å². The number of nitrogens with zero attached hydrogens (tertiary/aromatic N) is 1. The van der Waals surface area contributed by atoms with Crippen LogP contribution in [0.4, 0.5) is 0 Å². The molecule has 3 aromatic rings. The van der Waals surface area contributed by atoms with Gasteiger partial charge in [-0.15, -0.1) is 0 Å². The van der Waals surface area contributed by atoms with Gasteiger partial charge in [0.05, 0.1) is 0 Å². The van der Waals surface area contributed by atoms with Gasteiger partial charge < -0.3 is 0 Å². The lowest BCUT2D eigenvalue weighted by Crippen LogP contribution is -2.56. The first kappa shape index (κ1) is 18.6. The van der Waals surface area contributed by atoms with Gasteiger partial charge in [0.1, 0.15) is 5.78 Å². The molecule has 1 aliphatic rings. The number of ketones is 1. The highest BCUT2D eigenvalue weighted by Gasteiger charge is 2.42. The summed E-state index contributed by atoms with van der Waals surface area (Å²) in [5, 5.41) is 0. The zero-order valence-electron chi connectivity index (χ0n) is 16.3. The lowest BCUT2D eigenvalue weighted by atomic mass is 9.76. The Morgan fingerprint density at radius 2 is 1.14 bits per heavy atom. The maximum absolute atomic E-state index is 12.6. The topological polar surface area (TPSA) is 20.3 Å². The molecular formula is C26H27NO. The molecule has 28 heavy (non-hydrogen) atoms. The Hall–Kier alpha value is -2.71. The van der Waals surface area contributed by atoms with Crippen LogP contribution in [0.25, 0.3) is 0 Å². The number of carbonyl (C=O) groups excluding carboxylic acids is 1. The quantitative estimate of drug-likeness (QED) is 0.604. The molecule has 1 aliphatic heterocycles. The molecule has 0 N–H and O–H groups in total. The van der Waals surface area contributed by atoms with E-state index in [1.54, 1.807) is 0 Å². The second kappa shape index (κ2) is 8.53. The summed E-state index contributed by atoms with van der Waals surface area (Å²) in [6.45, 7) is 1.71. The minimum atomic E-state index is -0.187. The van der Waals surface area contributed by atoms with Gasteiger partial charge in [0, 0.05) is 31.5 Å². The van der Waals surface area contributed by atoms with Crippen molar-refractivity contribution in [3.63, 3.8) is 0 Å². The number of piperidine rings is 1. The molecule has 0 saturated carbocycles. The third kappa shape index (κ3) is 4.40. The summed E-state index contributed by atoms with van der Waals surface area (Å²) >= 11 is 0. The van der Waals surface area contributed by atoms with Crippen LogP contribution >= 0.6 is 0 Å². The summed E-state index contributed by atoms with van der Waals surface area (Å²) in [4.78, 5) is 15.2. The molecule has 0 radical (unpaired) electrons. The number of hydrogen-bond donors (Lipinski definition) is 0. The van der Waals surface area contributed by atoms with E-state index in [0.717, 1.165) is 25.9 Å². The van der Waals surface area contributed by atoms with Crippen molar-refractivity contribution in [2.45, 2.75) is 37.8 Å². The van der Waals surface area contributed by atoms with E-state index in [-0.39, 0.29) is 5.54 Å². The first-order valence-corrected chi connectivity index (χ1v) is 10.1. The Bertz CT molecular complexity index is 848. The highest BCUT2D eigenvalue weighted by atomic mass is 16.1. The summed E-state index contributed by atoms with van der Waals surface area (Å²) in [5.41, 5.74) is 3.72. The van der Waals surface area contributed by atoms with Crippen molar-refractivity contribution in [1.82, 2.24) is 4.90 Å². The molecule has 2 nitrogen and oxygen atoms in total. The number of benzene rings is 3.